The van der Waals surface area contributed by atoms with E-state index in [0.29, 0.717) is 16.1 Å². The Morgan fingerprint density at radius 1 is 0.917 bits per heavy atom. The van der Waals surface area contributed by atoms with Crippen LogP contribution in [0.2, 0.25) is 5.02 Å². The number of nitrogens with zero attached hydrogens (tertiary/aromatic N) is 1. The van der Waals surface area contributed by atoms with Crippen molar-refractivity contribution in [3.8, 4) is 11.1 Å². The average molecular weight is 343 g/mol. The Kier molecular flexibility index (Phi) is 4.90. The van der Waals surface area contributed by atoms with Crippen molar-refractivity contribution in [2.75, 3.05) is 0 Å². The highest BCUT2D eigenvalue weighted by Crippen LogP contribution is 2.29. The molecule has 3 aromatic rings. The van der Waals surface area contributed by atoms with Crippen molar-refractivity contribution in [1.82, 2.24) is 4.98 Å². The highest BCUT2D eigenvalue weighted by atomic mass is 35.5. The molecule has 2 atom stereocenters. The van der Waals surface area contributed by atoms with Gasteiger partial charge in [-0.05, 0) is 34.9 Å². The second-order valence-electron chi connectivity index (χ2n) is 5.54. The van der Waals surface area contributed by atoms with Crippen molar-refractivity contribution in [3.05, 3.63) is 89.0 Å². The van der Waals surface area contributed by atoms with Crippen LogP contribution in [0.1, 0.15) is 23.3 Å². The molecular formula is C19H16ClFN2O. The first-order chi connectivity index (χ1) is 11.5. The zero-order valence-electron chi connectivity index (χ0n) is 12.7. The maximum absolute atomic E-state index is 13.3. The van der Waals surface area contributed by atoms with Gasteiger partial charge in [0.05, 0.1) is 18.3 Å². The first-order valence-electron chi connectivity index (χ1n) is 7.44. The molecule has 5 heteroatoms. The summed E-state index contributed by atoms with van der Waals surface area (Å²) in [6.45, 7) is 0. The van der Waals surface area contributed by atoms with E-state index in [4.69, 9.17) is 17.3 Å². The second-order valence-corrected chi connectivity index (χ2v) is 5.97. The third-order valence-corrected chi connectivity index (χ3v) is 4.14. The summed E-state index contributed by atoms with van der Waals surface area (Å²) >= 11 is 5.86. The minimum Gasteiger partial charge on any atom is -0.386 e. The number of pyridine rings is 1. The fraction of sp³-hybridized carbons (Fsp3) is 0.105. The smallest absolute Gasteiger partial charge is 0.142 e. The van der Waals surface area contributed by atoms with E-state index in [1.807, 2.05) is 12.1 Å². The minimum absolute atomic E-state index is 0.388. The topological polar surface area (TPSA) is 59.1 Å². The Labute approximate surface area is 144 Å². The predicted molar refractivity (Wildman–Crippen MR) is 93.0 cm³/mol. The SMILES string of the molecule is N[C@@H](c1ccc(Cl)cc1)C(O)c1ccc(-c2cncc(F)c2)cc1. The summed E-state index contributed by atoms with van der Waals surface area (Å²) in [5, 5.41) is 11.1. The van der Waals surface area contributed by atoms with Crippen molar-refractivity contribution >= 4 is 11.6 Å². The molecule has 0 aliphatic carbocycles. The molecule has 0 aliphatic heterocycles. The third kappa shape index (κ3) is 3.62. The maximum atomic E-state index is 13.3. The van der Waals surface area contributed by atoms with Crippen molar-refractivity contribution < 1.29 is 9.50 Å². The van der Waals surface area contributed by atoms with Crippen LogP contribution in [0.3, 0.4) is 0 Å². The van der Waals surface area contributed by atoms with E-state index in [1.165, 1.54) is 6.07 Å². The minimum atomic E-state index is -0.856. The monoisotopic (exact) mass is 342 g/mol. The number of aliphatic hydroxyl groups is 1. The Bertz CT molecular complexity index is 822. The summed E-state index contributed by atoms with van der Waals surface area (Å²) in [4.78, 5) is 3.84. The number of hydrogen-bond donors (Lipinski definition) is 2. The molecule has 0 radical (unpaired) electrons. The first kappa shape index (κ1) is 16.6. The molecule has 1 heterocycles. The van der Waals surface area contributed by atoms with Gasteiger partial charge in [0.15, 0.2) is 0 Å². The molecule has 3 N–H and O–H groups in total. The second kappa shape index (κ2) is 7.09. The van der Waals surface area contributed by atoms with Crippen LogP contribution >= 0.6 is 11.6 Å². The van der Waals surface area contributed by atoms with Crippen LogP contribution < -0.4 is 5.73 Å². The standard InChI is InChI=1S/C19H16ClFN2O/c20-16-7-5-13(6-8-16)18(22)19(24)14-3-1-12(2-4-14)15-9-17(21)11-23-10-15/h1-11,18-19,24H,22H2/t18-,19?/m0/s1. The molecule has 3 nitrogen and oxygen atoms in total. The van der Waals surface area contributed by atoms with Gasteiger partial charge in [0.25, 0.3) is 0 Å². The van der Waals surface area contributed by atoms with Gasteiger partial charge in [-0.25, -0.2) is 4.39 Å². The summed E-state index contributed by atoms with van der Waals surface area (Å²) < 4.78 is 13.3. The van der Waals surface area contributed by atoms with E-state index in [1.54, 1.807) is 42.6 Å². The molecule has 3 rings (SSSR count). The first-order valence-corrected chi connectivity index (χ1v) is 7.82. The fourth-order valence-corrected chi connectivity index (χ4v) is 2.64. The molecule has 1 unspecified atom stereocenters. The molecule has 122 valence electrons. The Balaban J connectivity index is 1.80. The van der Waals surface area contributed by atoms with Gasteiger partial charge >= 0.3 is 0 Å². The van der Waals surface area contributed by atoms with Gasteiger partial charge in [-0.1, -0.05) is 48.0 Å². The highest BCUT2D eigenvalue weighted by molar-refractivity contribution is 6.30. The molecular weight excluding hydrogens is 327 g/mol. The number of rotatable bonds is 4. The molecule has 0 amide bonds. The van der Waals surface area contributed by atoms with Gasteiger partial charge in [-0.3, -0.25) is 4.98 Å². The van der Waals surface area contributed by atoms with Crippen LogP contribution in [0.5, 0.6) is 0 Å². The zero-order chi connectivity index (χ0) is 17.1. The van der Waals surface area contributed by atoms with E-state index in [-0.39, 0.29) is 5.82 Å². The molecule has 0 fully saturated rings. The van der Waals surface area contributed by atoms with Crippen molar-refractivity contribution in [3.63, 3.8) is 0 Å². The van der Waals surface area contributed by atoms with E-state index < -0.39 is 12.1 Å². The lowest BCUT2D eigenvalue weighted by Crippen LogP contribution is -2.19. The molecule has 2 aromatic carbocycles. The summed E-state index contributed by atoms with van der Waals surface area (Å²) in [5.41, 5.74) is 9.12. The molecule has 0 aliphatic rings. The molecule has 0 saturated heterocycles. The van der Waals surface area contributed by atoms with Crippen LogP contribution in [-0.2, 0) is 0 Å². The molecule has 0 saturated carbocycles. The molecule has 1 aromatic heterocycles. The van der Waals surface area contributed by atoms with E-state index >= 15 is 0 Å². The van der Waals surface area contributed by atoms with Crippen molar-refractivity contribution in [1.29, 1.82) is 0 Å². The van der Waals surface area contributed by atoms with E-state index in [2.05, 4.69) is 4.98 Å². The highest BCUT2D eigenvalue weighted by Gasteiger charge is 2.18. The Hall–Kier alpha value is -2.27. The van der Waals surface area contributed by atoms with Crippen LogP contribution in [0.4, 0.5) is 4.39 Å². The lowest BCUT2D eigenvalue weighted by atomic mass is 9.95. The number of benzene rings is 2. The predicted octanol–water partition coefficient (Wildman–Crippen LogP) is 4.27. The normalized spacial score (nSPS) is 13.5. The Morgan fingerprint density at radius 2 is 1.54 bits per heavy atom. The van der Waals surface area contributed by atoms with Gasteiger partial charge in [-0.2, -0.15) is 0 Å². The largest absolute Gasteiger partial charge is 0.386 e. The number of aliphatic hydroxyl groups excluding tert-OH is 1. The van der Waals surface area contributed by atoms with Crippen LogP contribution in [0, 0.1) is 5.82 Å². The van der Waals surface area contributed by atoms with E-state index in [9.17, 15) is 9.50 Å². The zero-order valence-corrected chi connectivity index (χ0v) is 13.5. The summed E-state index contributed by atoms with van der Waals surface area (Å²) in [6.07, 6.45) is 1.90. The lowest BCUT2D eigenvalue weighted by Gasteiger charge is -2.20. The summed E-state index contributed by atoms with van der Waals surface area (Å²) in [6, 6.07) is 15.1. The van der Waals surface area contributed by atoms with Gasteiger partial charge in [0.1, 0.15) is 5.82 Å². The van der Waals surface area contributed by atoms with Crippen LogP contribution in [0.25, 0.3) is 11.1 Å². The molecule has 0 bridgehead atoms. The summed E-state index contributed by atoms with van der Waals surface area (Å²) in [7, 11) is 0. The van der Waals surface area contributed by atoms with Gasteiger partial charge in [-0.15, -0.1) is 0 Å². The summed E-state index contributed by atoms with van der Waals surface area (Å²) in [5.74, 6) is -0.388. The van der Waals surface area contributed by atoms with Gasteiger partial charge in [0, 0.05) is 16.8 Å². The average Bonchev–Trinajstić information content (AvgIpc) is 2.61. The van der Waals surface area contributed by atoms with Gasteiger partial charge in [0.2, 0.25) is 0 Å². The van der Waals surface area contributed by atoms with E-state index in [0.717, 1.165) is 17.3 Å². The molecule has 24 heavy (non-hydrogen) atoms. The van der Waals surface area contributed by atoms with Crippen LogP contribution in [0.15, 0.2) is 67.0 Å². The van der Waals surface area contributed by atoms with Gasteiger partial charge < -0.3 is 10.8 Å². The number of hydrogen-bond acceptors (Lipinski definition) is 3. The van der Waals surface area contributed by atoms with Crippen molar-refractivity contribution in [2.45, 2.75) is 12.1 Å². The molecule has 0 spiro atoms. The number of nitrogens with two attached hydrogens (primary N) is 1. The van der Waals surface area contributed by atoms with Crippen molar-refractivity contribution in [2.24, 2.45) is 5.73 Å². The third-order valence-electron chi connectivity index (χ3n) is 3.89. The van der Waals surface area contributed by atoms with Crippen LogP contribution in [-0.4, -0.2) is 10.1 Å². The maximum Gasteiger partial charge on any atom is 0.142 e. The number of aromatic nitrogens is 1. The Morgan fingerprint density at radius 3 is 2.17 bits per heavy atom. The quantitative estimate of drug-likeness (QED) is 0.744. The lowest BCUT2D eigenvalue weighted by molar-refractivity contribution is 0.147. The number of halogens is 2. The fourth-order valence-electron chi connectivity index (χ4n) is 2.52.